The first-order valence-corrected chi connectivity index (χ1v) is 8.18. The zero-order valence-corrected chi connectivity index (χ0v) is 14.7. The van der Waals surface area contributed by atoms with Gasteiger partial charge in [0.15, 0.2) is 6.10 Å². The molecule has 0 heterocycles. The summed E-state index contributed by atoms with van der Waals surface area (Å²) >= 11 is 0. The van der Waals surface area contributed by atoms with Crippen LogP contribution in [0.4, 0.5) is 5.69 Å². The zero-order valence-electron chi connectivity index (χ0n) is 14.7. The molecule has 0 saturated heterocycles. The Morgan fingerprint density at radius 2 is 1.84 bits per heavy atom. The summed E-state index contributed by atoms with van der Waals surface area (Å²) in [5.41, 5.74) is 2.74. The summed E-state index contributed by atoms with van der Waals surface area (Å²) in [5.74, 6) is 0.0267. The molecule has 0 aliphatic rings. The summed E-state index contributed by atoms with van der Waals surface area (Å²) in [4.78, 5) is 24.0. The van der Waals surface area contributed by atoms with Gasteiger partial charge in [0.1, 0.15) is 5.75 Å². The lowest BCUT2D eigenvalue weighted by atomic mass is 10.1. The lowest BCUT2D eigenvalue weighted by Gasteiger charge is -2.14. The highest BCUT2D eigenvalue weighted by molar-refractivity contribution is 5.95. The molecule has 5 nitrogen and oxygen atoms in total. The van der Waals surface area contributed by atoms with Gasteiger partial charge in [-0.3, -0.25) is 9.59 Å². The molecule has 132 valence electrons. The van der Waals surface area contributed by atoms with Crippen molar-refractivity contribution in [2.45, 2.75) is 32.8 Å². The number of benzene rings is 2. The van der Waals surface area contributed by atoms with Crippen molar-refractivity contribution in [1.82, 2.24) is 0 Å². The molecular formula is C20H23NO4. The average Bonchev–Trinajstić information content (AvgIpc) is 2.60. The van der Waals surface area contributed by atoms with Crippen LogP contribution in [0.3, 0.4) is 0 Å². The third-order valence-electron chi connectivity index (χ3n) is 3.74. The maximum absolute atomic E-state index is 12.1. The van der Waals surface area contributed by atoms with Crippen LogP contribution in [0.1, 0.15) is 24.5 Å². The second-order valence-corrected chi connectivity index (χ2v) is 5.84. The molecule has 0 spiro atoms. The highest BCUT2D eigenvalue weighted by Gasteiger charge is 2.17. The van der Waals surface area contributed by atoms with Crippen molar-refractivity contribution in [1.29, 1.82) is 0 Å². The van der Waals surface area contributed by atoms with Crippen molar-refractivity contribution >= 4 is 17.6 Å². The maximum Gasteiger partial charge on any atom is 0.306 e. The molecule has 2 aromatic rings. The maximum atomic E-state index is 12.1. The first-order valence-electron chi connectivity index (χ1n) is 8.18. The quantitative estimate of drug-likeness (QED) is 0.783. The van der Waals surface area contributed by atoms with Crippen molar-refractivity contribution < 1.29 is 19.1 Å². The highest BCUT2D eigenvalue weighted by Crippen LogP contribution is 2.13. The van der Waals surface area contributed by atoms with Gasteiger partial charge in [-0.05, 0) is 55.7 Å². The van der Waals surface area contributed by atoms with Crippen LogP contribution in [0.25, 0.3) is 0 Å². The fourth-order valence-electron chi connectivity index (χ4n) is 2.31. The summed E-state index contributed by atoms with van der Waals surface area (Å²) in [5, 5.41) is 2.74. The minimum Gasteiger partial charge on any atom is -0.497 e. The fraction of sp³-hybridized carbons (Fsp3) is 0.300. The van der Waals surface area contributed by atoms with Gasteiger partial charge in [-0.25, -0.2) is 0 Å². The molecular weight excluding hydrogens is 318 g/mol. The van der Waals surface area contributed by atoms with Crippen molar-refractivity contribution in [2.24, 2.45) is 0 Å². The highest BCUT2D eigenvalue weighted by atomic mass is 16.5. The molecule has 25 heavy (non-hydrogen) atoms. The molecule has 2 aromatic carbocycles. The summed E-state index contributed by atoms with van der Waals surface area (Å²) in [6, 6.07) is 14.9. The van der Waals surface area contributed by atoms with E-state index in [1.807, 2.05) is 49.4 Å². The van der Waals surface area contributed by atoms with Crippen LogP contribution >= 0.6 is 0 Å². The molecule has 0 fully saturated rings. The molecule has 5 heteroatoms. The number of amides is 1. The van der Waals surface area contributed by atoms with Crippen LogP contribution in [0.5, 0.6) is 5.75 Å². The number of nitrogens with one attached hydrogen (secondary N) is 1. The number of carbonyl (C=O) groups is 2. The minimum atomic E-state index is -0.844. The molecule has 0 aromatic heterocycles. The van der Waals surface area contributed by atoms with Gasteiger partial charge in [0.2, 0.25) is 0 Å². The molecule has 2 rings (SSSR count). The minimum absolute atomic E-state index is 0.217. The first kappa shape index (κ1) is 18.5. The van der Waals surface area contributed by atoms with Crippen molar-refractivity contribution in [3.05, 3.63) is 59.7 Å². The number of methoxy groups -OCH3 is 1. The summed E-state index contributed by atoms with van der Waals surface area (Å²) in [6.07, 6.45) is -0.0763. The van der Waals surface area contributed by atoms with E-state index in [9.17, 15) is 9.59 Å². The third-order valence-corrected chi connectivity index (χ3v) is 3.74. The molecule has 0 aliphatic carbocycles. The molecule has 1 N–H and O–H groups in total. The van der Waals surface area contributed by atoms with Crippen molar-refractivity contribution in [3.63, 3.8) is 0 Å². The van der Waals surface area contributed by atoms with Gasteiger partial charge in [0, 0.05) is 12.1 Å². The van der Waals surface area contributed by atoms with Gasteiger partial charge < -0.3 is 14.8 Å². The normalized spacial score (nSPS) is 11.5. The van der Waals surface area contributed by atoms with E-state index < -0.39 is 12.1 Å². The van der Waals surface area contributed by atoms with Crippen molar-refractivity contribution in [3.8, 4) is 5.75 Å². The molecule has 0 unspecified atom stereocenters. The predicted octanol–water partition coefficient (Wildman–Crippen LogP) is 3.51. The number of carbonyl (C=O) groups excluding carboxylic acids is 2. The Kier molecular flexibility index (Phi) is 6.57. The van der Waals surface area contributed by atoms with E-state index >= 15 is 0 Å². The van der Waals surface area contributed by atoms with Crippen molar-refractivity contribution in [2.75, 3.05) is 12.4 Å². The third kappa shape index (κ3) is 5.95. The van der Waals surface area contributed by atoms with Gasteiger partial charge in [0.05, 0.1) is 7.11 Å². The van der Waals surface area contributed by atoms with Gasteiger partial charge in [-0.15, -0.1) is 0 Å². The number of esters is 1. The van der Waals surface area contributed by atoms with Crippen LogP contribution in [0.15, 0.2) is 48.5 Å². The van der Waals surface area contributed by atoms with E-state index in [1.165, 1.54) is 0 Å². The second kappa shape index (κ2) is 8.87. The molecule has 0 radical (unpaired) electrons. The summed E-state index contributed by atoms with van der Waals surface area (Å²) < 4.78 is 10.3. The van der Waals surface area contributed by atoms with E-state index in [0.717, 1.165) is 16.9 Å². The molecule has 0 aliphatic heterocycles. The molecule has 0 bridgehead atoms. The fourth-order valence-corrected chi connectivity index (χ4v) is 2.31. The number of anilines is 1. The lowest BCUT2D eigenvalue weighted by Crippen LogP contribution is -2.30. The Balaban J connectivity index is 1.79. The molecule has 1 atom stereocenters. The zero-order chi connectivity index (χ0) is 18.2. The van der Waals surface area contributed by atoms with Gasteiger partial charge in [0.25, 0.3) is 5.91 Å². The number of hydrogen-bond donors (Lipinski definition) is 1. The number of ether oxygens (including phenoxy) is 2. The van der Waals surface area contributed by atoms with Crippen LogP contribution in [0, 0.1) is 6.92 Å². The number of hydrogen-bond acceptors (Lipinski definition) is 4. The van der Waals surface area contributed by atoms with Gasteiger partial charge >= 0.3 is 5.97 Å². The van der Waals surface area contributed by atoms with Gasteiger partial charge in [-0.2, -0.15) is 0 Å². The van der Waals surface area contributed by atoms with E-state index in [-0.39, 0.29) is 12.3 Å². The second-order valence-electron chi connectivity index (χ2n) is 5.84. The predicted molar refractivity (Wildman–Crippen MR) is 96.7 cm³/mol. The number of rotatable bonds is 7. The monoisotopic (exact) mass is 341 g/mol. The Hall–Kier alpha value is -2.82. The summed E-state index contributed by atoms with van der Waals surface area (Å²) in [7, 11) is 1.61. The van der Waals surface area contributed by atoms with E-state index in [0.29, 0.717) is 12.1 Å². The van der Waals surface area contributed by atoms with E-state index in [4.69, 9.17) is 9.47 Å². The molecule has 1 amide bonds. The summed E-state index contributed by atoms with van der Waals surface area (Å²) in [6.45, 7) is 3.51. The Morgan fingerprint density at radius 1 is 1.12 bits per heavy atom. The lowest BCUT2D eigenvalue weighted by molar-refractivity contribution is -0.153. The standard InChI is InChI=1S/C20H23NO4/c1-14-5-4-6-17(13-14)21-20(23)15(2)25-19(22)12-9-16-7-10-18(24-3)11-8-16/h4-8,10-11,13,15H,9,12H2,1-3H3,(H,21,23)/t15-/m1/s1. The largest absolute Gasteiger partial charge is 0.497 e. The molecule has 0 saturated carbocycles. The number of aryl methyl sites for hydroxylation is 2. The SMILES string of the molecule is COc1ccc(CCC(=O)O[C@H](C)C(=O)Nc2cccc(C)c2)cc1. The van der Waals surface area contributed by atoms with E-state index in [2.05, 4.69) is 5.32 Å². The Labute approximate surface area is 148 Å². The smallest absolute Gasteiger partial charge is 0.306 e. The van der Waals surface area contributed by atoms with E-state index in [1.54, 1.807) is 20.1 Å². The van der Waals surface area contributed by atoms with Crippen LogP contribution in [-0.4, -0.2) is 25.1 Å². The first-order chi connectivity index (χ1) is 12.0. The Bertz CT molecular complexity index is 725. The van der Waals surface area contributed by atoms with Gasteiger partial charge in [-0.1, -0.05) is 24.3 Å². The van der Waals surface area contributed by atoms with Crippen LogP contribution in [-0.2, 0) is 20.7 Å². The Morgan fingerprint density at radius 3 is 2.48 bits per heavy atom. The van der Waals surface area contributed by atoms with Crippen LogP contribution in [0.2, 0.25) is 0 Å². The van der Waals surface area contributed by atoms with Crippen LogP contribution < -0.4 is 10.1 Å². The topological polar surface area (TPSA) is 64.6 Å². The average molecular weight is 341 g/mol.